The number of benzene rings is 1. The Morgan fingerprint density at radius 1 is 1.22 bits per heavy atom. The molecule has 1 unspecified atom stereocenters. The first-order valence-corrected chi connectivity index (χ1v) is 10.6. The van der Waals surface area contributed by atoms with E-state index in [1.165, 1.54) is 4.90 Å². The molecule has 3 aliphatic heterocycles. The van der Waals surface area contributed by atoms with Crippen molar-refractivity contribution >= 4 is 18.0 Å². The SMILES string of the molecule is COc1ccc2c(c1)CN(C(=O)CN1C(=O)COC3=C1N=CC(c1cccc(C)n1)C3)C2. The molecular formula is C24H24N4O4. The van der Waals surface area contributed by atoms with Crippen molar-refractivity contribution in [2.75, 3.05) is 20.3 Å². The van der Waals surface area contributed by atoms with E-state index < -0.39 is 0 Å². The van der Waals surface area contributed by atoms with Crippen molar-refractivity contribution < 1.29 is 19.1 Å². The first-order chi connectivity index (χ1) is 15.5. The molecule has 2 aromatic rings. The van der Waals surface area contributed by atoms with Crippen LogP contribution in [0.2, 0.25) is 0 Å². The van der Waals surface area contributed by atoms with Crippen molar-refractivity contribution in [3.63, 3.8) is 0 Å². The van der Waals surface area contributed by atoms with Crippen LogP contribution in [0, 0.1) is 6.92 Å². The lowest BCUT2D eigenvalue weighted by Gasteiger charge is -2.33. The Morgan fingerprint density at radius 3 is 2.88 bits per heavy atom. The highest BCUT2D eigenvalue weighted by Crippen LogP contribution is 2.33. The molecule has 0 fully saturated rings. The lowest BCUT2D eigenvalue weighted by molar-refractivity contribution is -0.143. The molecular weight excluding hydrogens is 408 g/mol. The summed E-state index contributed by atoms with van der Waals surface area (Å²) in [5.41, 5.74) is 4.01. The first kappa shape index (κ1) is 20.2. The van der Waals surface area contributed by atoms with Gasteiger partial charge in [0.15, 0.2) is 12.4 Å². The van der Waals surface area contributed by atoms with Gasteiger partial charge in [0.25, 0.3) is 5.91 Å². The fraction of sp³-hybridized carbons (Fsp3) is 0.333. The normalized spacial score (nSPS) is 19.6. The molecule has 0 radical (unpaired) electrons. The maximum atomic E-state index is 13.1. The minimum absolute atomic E-state index is 0.0255. The molecule has 1 aromatic heterocycles. The van der Waals surface area contributed by atoms with Crippen LogP contribution in [-0.2, 0) is 27.4 Å². The predicted octanol–water partition coefficient (Wildman–Crippen LogP) is 2.53. The number of ether oxygens (including phenoxy) is 2. The van der Waals surface area contributed by atoms with Gasteiger partial charge in [-0.3, -0.25) is 19.5 Å². The van der Waals surface area contributed by atoms with Gasteiger partial charge >= 0.3 is 0 Å². The number of fused-ring (bicyclic) bond motifs is 1. The van der Waals surface area contributed by atoms with Crippen molar-refractivity contribution in [2.45, 2.75) is 32.4 Å². The minimum Gasteiger partial charge on any atom is -0.497 e. The van der Waals surface area contributed by atoms with Crippen LogP contribution in [0.5, 0.6) is 5.75 Å². The van der Waals surface area contributed by atoms with E-state index in [0.717, 1.165) is 28.3 Å². The number of hydrogen-bond donors (Lipinski definition) is 0. The van der Waals surface area contributed by atoms with Gasteiger partial charge in [-0.05, 0) is 42.3 Å². The third-order valence-electron chi connectivity index (χ3n) is 6.03. The van der Waals surface area contributed by atoms with E-state index in [4.69, 9.17) is 9.47 Å². The summed E-state index contributed by atoms with van der Waals surface area (Å²) in [7, 11) is 1.62. The molecule has 0 bridgehead atoms. The van der Waals surface area contributed by atoms with Crippen LogP contribution in [-0.4, -0.2) is 53.1 Å². The van der Waals surface area contributed by atoms with Crippen molar-refractivity contribution in [2.24, 2.45) is 4.99 Å². The van der Waals surface area contributed by atoms with Crippen LogP contribution >= 0.6 is 0 Å². The van der Waals surface area contributed by atoms with Gasteiger partial charge in [-0.1, -0.05) is 12.1 Å². The molecule has 8 nitrogen and oxygen atoms in total. The molecule has 3 aliphatic rings. The lowest BCUT2D eigenvalue weighted by atomic mass is 9.98. The van der Waals surface area contributed by atoms with Gasteiger partial charge in [-0.25, -0.2) is 4.99 Å². The molecule has 0 saturated carbocycles. The van der Waals surface area contributed by atoms with Crippen LogP contribution in [0.25, 0.3) is 0 Å². The summed E-state index contributed by atoms with van der Waals surface area (Å²) < 4.78 is 11.0. The molecule has 0 aliphatic carbocycles. The summed E-state index contributed by atoms with van der Waals surface area (Å²) in [4.78, 5) is 37.9. The van der Waals surface area contributed by atoms with Gasteiger partial charge in [-0.15, -0.1) is 0 Å². The van der Waals surface area contributed by atoms with Crippen molar-refractivity contribution in [3.8, 4) is 5.75 Å². The summed E-state index contributed by atoms with van der Waals surface area (Å²) in [5, 5.41) is 0. The molecule has 1 aromatic carbocycles. The summed E-state index contributed by atoms with van der Waals surface area (Å²) in [6.45, 7) is 2.82. The van der Waals surface area contributed by atoms with Crippen LogP contribution in [0.15, 0.2) is 53.0 Å². The third-order valence-corrected chi connectivity index (χ3v) is 6.03. The molecule has 8 heteroatoms. The monoisotopic (exact) mass is 432 g/mol. The van der Waals surface area contributed by atoms with Gasteiger partial charge < -0.3 is 14.4 Å². The Morgan fingerprint density at radius 2 is 2.06 bits per heavy atom. The van der Waals surface area contributed by atoms with E-state index in [1.807, 2.05) is 43.3 Å². The molecule has 32 heavy (non-hydrogen) atoms. The zero-order chi connectivity index (χ0) is 22.2. The van der Waals surface area contributed by atoms with E-state index in [9.17, 15) is 9.59 Å². The standard InChI is InChI=1S/C24H24N4O4/c1-15-4-3-5-20(26-15)17-9-21-24(25-10-17)28(23(30)14-32-21)13-22(29)27-11-16-6-7-19(31-2)8-18(16)12-27/h3-8,10,17H,9,11-14H2,1-2H3. The second-order valence-electron chi connectivity index (χ2n) is 8.19. The summed E-state index contributed by atoms with van der Waals surface area (Å²) in [6.07, 6.45) is 2.35. The van der Waals surface area contributed by atoms with Gasteiger partial charge in [0, 0.05) is 43.0 Å². The predicted molar refractivity (Wildman–Crippen MR) is 117 cm³/mol. The number of methoxy groups -OCH3 is 1. The molecule has 0 saturated heterocycles. The number of hydrogen-bond acceptors (Lipinski definition) is 6. The average Bonchev–Trinajstić information content (AvgIpc) is 3.24. The van der Waals surface area contributed by atoms with Crippen LogP contribution < -0.4 is 4.74 Å². The minimum atomic E-state index is -0.264. The zero-order valence-corrected chi connectivity index (χ0v) is 18.1. The topological polar surface area (TPSA) is 84.3 Å². The number of allylic oxidation sites excluding steroid dienone is 1. The van der Waals surface area contributed by atoms with Gasteiger partial charge in [-0.2, -0.15) is 0 Å². The van der Waals surface area contributed by atoms with Crippen LogP contribution in [0.1, 0.15) is 34.9 Å². The Kier molecular flexibility index (Phi) is 5.13. The smallest absolute Gasteiger partial charge is 0.266 e. The van der Waals surface area contributed by atoms with Gasteiger partial charge in [0.1, 0.15) is 18.1 Å². The van der Waals surface area contributed by atoms with Gasteiger partial charge in [0.05, 0.1) is 7.11 Å². The van der Waals surface area contributed by atoms with Crippen LogP contribution in [0.4, 0.5) is 0 Å². The van der Waals surface area contributed by atoms with E-state index >= 15 is 0 Å². The Balaban J connectivity index is 1.31. The van der Waals surface area contributed by atoms with Crippen LogP contribution in [0.3, 0.4) is 0 Å². The highest BCUT2D eigenvalue weighted by atomic mass is 16.5. The zero-order valence-electron chi connectivity index (χ0n) is 18.1. The van der Waals surface area contributed by atoms with E-state index in [1.54, 1.807) is 18.2 Å². The number of carbonyl (C=O) groups is 2. The first-order valence-electron chi connectivity index (χ1n) is 10.6. The van der Waals surface area contributed by atoms with E-state index in [-0.39, 0.29) is 30.9 Å². The summed E-state index contributed by atoms with van der Waals surface area (Å²) in [6, 6.07) is 11.7. The summed E-state index contributed by atoms with van der Waals surface area (Å²) in [5.74, 6) is 1.41. The molecule has 5 rings (SSSR count). The number of aromatic nitrogens is 1. The number of aryl methyl sites for hydroxylation is 1. The van der Waals surface area contributed by atoms with E-state index in [0.29, 0.717) is 31.1 Å². The van der Waals surface area contributed by atoms with Crippen molar-refractivity contribution in [1.29, 1.82) is 0 Å². The van der Waals surface area contributed by atoms with Gasteiger partial charge in [0.2, 0.25) is 5.91 Å². The fourth-order valence-electron chi connectivity index (χ4n) is 4.29. The number of aliphatic imine (C=N–C) groups is 1. The number of carbonyl (C=O) groups excluding carboxylic acids is 2. The maximum absolute atomic E-state index is 13.1. The largest absolute Gasteiger partial charge is 0.497 e. The number of nitrogens with zero attached hydrogens (tertiary/aromatic N) is 4. The third kappa shape index (κ3) is 3.72. The number of rotatable bonds is 4. The highest BCUT2D eigenvalue weighted by Gasteiger charge is 2.35. The number of pyridine rings is 1. The molecule has 164 valence electrons. The van der Waals surface area contributed by atoms with Crippen molar-refractivity contribution in [1.82, 2.24) is 14.8 Å². The average molecular weight is 432 g/mol. The molecule has 0 spiro atoms. The fourth-order valence-corrected chi connectivity index (χ4v) is 4.29. The van der Waals surface area contributed by atoms with E-state index in [2.05, 4.69) is 9.98 Å². The summed E-state index contributed by atoms with van der Waals surface area (Å²) >= 11 is 0. The second kappa shape index (κ2) is 8.11. The number of amides is 2. The lowest BCUT2D eigenvalue weighted by Crippen LogP contribution is -2.45. The molecule has 2 amide bonds. The van der Waals surface area contributed by atoms with Crippen molar-refractivity contribution in [3.05, 3.63) is 70.5 Å². The Bertz CT molecular complexity index is 1160. The molecule has 4 heterocycles. The quantitative estimate of drug-likeness (QED) is 0.741. The molecule has 1 atom stereocenters. The molecule has 0 N–H and O–H groups in total. The maximum Gasteiger partial charge on any atom is 0.266 e. The Hall–Kier alpha value is -3.68. The second-order valence-corrected chi connectivity index (χ2v) is 8.19. The highest BCUT2D eigenvalue weighted by molar-refractivity contribution is 5.88. The Labute approximate surface area is 186 Å².